The van der Waals surface area contributed by atoms with Gasteiger partial charge in [-0.25, -0.2) is 0 Å². The van der Waals surface area contributed by atoms with Crippen molar-refractivity contribution in [2.45, 2.75) is 0 Å². The molecular weight excluding hydrogens is 402 g/mol. The van der Waals surface area contributed by atoms with Crippen LogP contribution in [-0.4, -0.2) is 6.29 Å². The van der Waals surface area contributed by atoms with Crippen LogP contribution in [0.3, 0.4) is 0 Å². The molecule has 0 saturated heterocycles. The molecule has 0 aromatic heterocycles. The van der Waals surface area contributed by atoms with Crippen LogP contribution in [0, 0.1) is 7.14 Å². The summed E-state index contributed by atoms with van der Waals surface area (Å²) in [5, 5.41) is 2.34. The maximum absolute atomic E-state index is 10.7. The van der Waals surface area contributed by atoms with Crippen molar-refractivity contribution < 1.29 is 4.79 Å². The van der Waals surface area contributed by atoms with Crippen LogP contribution in [0.4, 0.5) is 0 Å². The summed E-state index contributed by atoms with van der Waals surface area (Å²) in [6.45, 7) is 0. The first-order valence-electron chi connectivity index (χ1n) is 4.05. The molecule has 1 nitrogen and oxygen atoms in total. The van der Waals surface area contributed by atoms with Crippen LogP contribution in [0.25, 0.3) is 10.8 Å². The minimum atomic E-state index is 0.740. The molecule has 2 rings (SSSR count). The van der Waals surface area contributed by atoms with Crippen LogP contribution in [-0.2, 0) is 0 Å². The van der Waals surface area contributed by atoms with E-state index < -0.39 is 0 Å². The lowest BCUT2D eigenvalue weighted by molar-refractivity contribution is 0.112. The van der Waals surface area contributed by atoms with Crippen molar-refractivity contribution in [3.05, 3.63) is 43.0 Å². The number of benzene rings is 2. The van der Waals surface area contributed by atoms with E-state index in [1.165, 1.54) is 8.96 Å². The Hall–Kier alpha value is -0.170. The first-order chi connectivity index (χ1) is 6.70. The quantitative estimate of drug-likeness (QED) is 0.518. The van der Waals surface area contributed by atoms with Gasteiger partial charge >= 0.3 is 0 Å². The summed E-state index contributed by atoms with van der Waals surface area (Å²) in [6, 6.07) is 10.1. The predicted molar refractivity (Wildman–Crippen MR) is 74.8 cm³/mol. The van der Waals surface area contributed by atoms with Crippen molar-refractivity contribution in [1.82, 2.24) is 0 Å². The highest BCUT2D eigenvalue weighted by molar-refractivity contribution is 14.1. The number of hydrogen-bond acceptors (Lipinski definition) is 1. The second-order valence-corrected chi connectivity index (χ2v) is 5.39. The lowest BCUT2D eigenvalue weighted by Gasteiger charge is -2.02. The lowest BCUT2D eigenvalue weighted by atomic mass is 10.1. The summed E-state index contributed by atoms with van der Waals surface area (Å²) < 4.78 is 2.31. The SMILES string of the molecule is O=Cc1cc(I)c2ccc(I)cc2c1. The van der Waals surface area contributed by atoms with E-state index in [-0.39, 0.29) is 0 Å². The molecule has 14 heavy (non-hydrogen) atoms. The molecule has 0 fully saturated rings. The van der Waals surface area contributed by atoms with Crippen molar-refractivity contribution in [2.75, 3.05) is 0 Å². The molecule has 3 heteroatoms. The van der Waals surface area contributed by atoms with Crippen molar-refractivity contribution in [3.63, 3.8) is 0 Å². The van der Waals surface area contributed by atoms with E-state index in [1.807, 2.05) is 12.1 Å². The molecule has 0 atom stereocenters. The van der Waals surface area contributed by atoms with E-state index in [9.17, 15) is 4.79 Å². The number of fused-ring (bicyclic) bond motifs is 1. The van der Waals surface area contributed by atoms with Gasteiger partial charge in [-0.1, -0.05) is 6.07 Å². The number of aldehydes is 1. The first kappa shape index (κ1) is 10.4. The Morgan fingerprint density at radius 1 is 1.07 bits per heavy atom. The second kappa shape index (κ2) is 4.14. The Bertz CT molecular complexity index is 506. The van der Waals surface area contributed by atoms with Gasteiger partial charge in [0.2, 0.25) is 0 Å². The fourth-order valence-corrected chi connectivity index (χ4v) is 2.75. The molecular formula is C11H6I2O. The number of halogens is 2. The van der Waals surface area contributed by atoms with Crippen molar-refractivity contribution >= 4 is 62.2 Å². The number of hydrogen-bond donors (Lipinski definition) is 0. The van der Waals surface area contributed by atoms with Crippen LogP contribution in [0.15, 0.2) is 30.3 Å². The number of carbonyl (C=O) groups is 1. The van der Waals surface area contributed by atoms with E-state index in [0.717, 1.165) is 20.8 Å². The Morgan fingerprint density at radius 2 is 1.86 bits per heavy atom. The Morgan fingerprint density at radius 3 is 2.57 bits per heavy atom. The highest BCUT2D eigenvalue weighted by atomic mass is 127. The van der Waals surface area contributed by atoms with Gasteiger partial charge in [-0.3, -0.25) is 4.79 Å². The van der Waals surface area contributed by atoms with Gasteiger partial charge in [0.15, 0.2) is 0 Å². The highest BCUT2D eigenvalue weighted by Gasteiger charge is 2.01. The van der Waals surface area contributed by atoms with Gasteiger partial charge < -0.3 is 0 Å². The fourth-order valence-electron chi connectivity index (χ4n) is 1.38. The number of carbonyl (C=O) groups excluding carboxylic acids is 1. The van der Waals surface area contributed by atoms with Gasteiger partial charge in [0.05, 0.1) is 0 Å². The van der Waals surface area contributed by atoms with Crippen molar-refractivity contribution in [1.29, 1.82) is 0 Å². The minimum absolute atomic E-state index is 0.740. The van der Waals surface area contributed by atoms with Crippen molar-refractivity contribution in [3.8, 4) is 0 Å². The van der Waals surface area contributed by atoms with Crippen LogP contribution >= 0.6 is 45.2 Å². The molecule has 2 aromatic carbocycles. The molecule has 0 saturated carbocycles. The van der Waals surface area contributed by atoms with Gasteiger partial charge in [0, 0.05) is 12.7 Å². The third kappa shape index (κ3) is 1.93. The van der Waals surface area contributed by atoms with E-state index in [1.54, 1.807) is 0 Å². The van der Waals surface area contributed by atoms with Gasteiger partial charge in [0.25, 0.3) is 0 Å². The van der Waals surface area contributed by atoms with E-state index in [0.29, 0.717) is 0 Å². The summed E-state index contributed by atoms with van der Waals surface area (Å²) in [5.74, 6) is 0. The van der Waals surface area contributed by atoms with Gasteiger partial charge in [-0.05, 0) is 80.2 Å². The molecule has 0 spiro atoms. The molecule has 0 unspecified atom stereocenters. The average molecular weight is 408 g/mol. The third-order valence-electron chi connectivity index (χ3n) is 2.02. The van der Waals surface area contributed by atoms with Crippen molar-refractivity contribution in [2.24, 2.45) is 0 Å². The Balaban J connectivity index is 2.83. The molecule has 0 bridgehead atoms. The topological polar surface area (TPSA) is 17.1 Å². The summed E-state index contributed by atoms with van der Waals surface area (Å²) in [7, 11) is 0. The summed E-state index contributed by atoms with van der Waals surface area (Å²) in [5.41, 5.74) is 0.740. The van der Waals surface area contributed by atoms with Crippen LogP contribution < -0.4 is 0 Å². The van der Waals surface area contributed by atoms with E-state index >= 15 is 0 Å². The first-order valence-corrected chi connectivity index (χ1v) is 6.20. The molecule has 2 aromatic rings. The molecule has 0 amide bonds. The Kier molecular flexibility index (Phi) is 3.06. The summed E-state index contributed by atoms with van der Waals surface area (Å²) in [6.07, 6.45) is 0.890. The molecule has 0 aliphatic carbocycles. The third-order valence-corrected chi connectivity index (χ3v) is 3.59. The molecule has 0 aliphatic rings. The molecule has 0 radical (unpaired) electrons. The normalized spacial score (nSPS) is 10.4. The zero-order chi connectivity index (χ0) is 10.1. The van der Waals surface area contributed by atoms with E-state index in [4.69, 9.17) is 0 Å². The van der Waals surface area contributed by atoms with Gasteiger partial charge in [-0.15, -0.1) is 0 Å². The standard InChI is InChI=1S/C11H6I2O/c12-9-1-2-10-8(5-9)3-7(6-14)4-11(10)13/h1-6H. The molecule has 0 heterocycles. The Labute approximate surface area is 109 Å². The van der Waals surface area contributed by atoms with Crippen LogP contribution in [0.2, 0.25) is 0 Å². The van der Waals surface area contributed by atoms with Crippen LogP contribution in [0.1, 0.15) is 10.4 Å². The minimum Gasteiger partial charge on any atom is -0.298 e. The summed E-state index contributed by atoms with van der Waals surface area (Å²) in [4.78, 5) is 10.7. The monoisotopic (exact) mass is 408 g/mol. The molecule has 70 valence electrons. The second-order valence-electron chi connectivity index (χ2n) is 2.99. The maximum atomic E-state index is 10.7. The highest BCUT2D eigenvalue weighted by Crippen LogP contribution is 2.23. The maximum Gasteiger partial charge on any atom is 0.150 e. The largest absolute Gasteiger partial charge is 0.298 e. The van der Waals surface area contributed by atoms with Crippen LogP contribution in [0.5, 0.6) is 0 Å². The number of rotatable bonds is 1. The van der Waals surface area contributed by atoms with Gasteiger partial charge in [-0.2, -0.15) is 0 Å². The predicted octanol–water partition coefficient (Wildman–Crippen LogP) is 3.86. The fraction of sp³-hybridized carbons (Fsp3) is 0. The lowest BCUT2D eigenvalue weighted by Crippen LogP contribution is -1.85. The zero-order valence-electron chi connectivity index (χ0n) is 7.13. The molecule has 0 aliphatic heterocycles. The van der Waals surface area contributed by atoms with Gasteiger partial charge in [0.1, 0.15) is 6.29 Å². The molecule has 0 N–H and O–H groups in total. The zero-order valence-corrected chi connectivity index (χ0v) is 11.4. The summed E-state index contributed by atoms with van der Waals surface area (Å²) >= 11 is 4.53. The smallest absolute Gasteiger partial charge is 0.150 e. The average Bonchev–Trinajstić information content (AvgIpc) is 2.16. The van der Waals surface area contributed by atoms with E-state index in [2.05, 4.69) is 63.4 Å².